The van der Waals surface area contributed by atoms with E-state index in [1.165, 1.54) is 33.8 Å². The number of nitrogens with zero attached hydrogens (tertiary/aromatic N) is 2. The van der Waals surface area contributed by atoms with Crippen molar-refractivity contribution >= 4 is 75.5 Å². The van der Waals surface area contributed by atoms with Crippen LogP contribution < -0.4 is 16.1 Å². The van der Waals surface area contributed by atoms with Crippen LogP contribution in [0.1, 0.15) is 78.7 Å². The zero-order chi connectivity index (χ0) is 39.2. The van der Waals surface area contributed by atoms with Gasteiger partial charge < -0.3 is 14.8 Å². The zero-order valence-corrected chi connectivity index (χ0v) is 32.2. The third-order valence-electron chi connectivity index (χ3n) is 8.41. The van der Waals surface area contributed by atoms with Crippen LogP contribution in [0, 0.1) is 11.3 Å². The van der Waals surface area contributed by atoms with Crippen LogP contribution >= 0.6 is 34.8 Å². The minimum atomic E-state index is -4.77. The van der Waals surface area contributed by atoms with Crippen LogP contribution in [0.15, 0.2) is 36.4 Å². The van der Waals surface area contributed by atoms with Gasteiger partial charge in [-0.05, 0) is 50.3 Å². The second-order valence-corrected chi connectivity index (χ2v) is 16.2. The van der Waals surface area contributed by atoms with Gasteiger partial charge in [0.25, 0.3) is 5.91 Å². The van der Waals surface area contributed by atoms with Crippen LogP contribution in [-0.4, -0.2) is 81.0 Å². The standard InChI is InChI=1S/C35H45Cl3F3N5O6/c1-19(2)28(29(48)42-20(3)30(49)46-16-8-9-26(45-46)31(50)51-18-34(36,37)38)44-32(35(39,40)41)33(6,7)15-14-23-10-11-24-12-13-25(43-27(24)17-23)21(4)52-22(5)47/h10-15,17,19-21,26,28,32,44-45H,8-9,16,18H2,1-7H3,(H,42,48)/b15-14+/t20-,21+,26-,28-,32-/m0/s1. The number of hydrogen-bond donors (Lipinski definition) is 3. The fourth-order valence-electron chi connectivity index (χ4n) is 5.65. The van der Waals surface area contributed by atoms with E-state index in [4.69, 9.17) is 44.3 Å². The van der Waals surface area contributed by atoms with Gasteiger partial charge in [-0.25, -0.2) is 10.4 Å². The smallest absolute Gasteiger partial charge is 0.404 e. The molecule has 0 aliphatic carbocycles. The molecule has 1 aliphatic rings. The van der Waals surface area contributed by atoms with Gasteiger partial charge in [0, 0.05) is 24.3 Å². The molecule has 1 aromatic carbocycles. The van der Waals surface area contributed by atoms with Crippen molar-refractivity contribution in [3.8, 4) is 0 Å². The summed E-state index contributed by atoms with van der Waals surface area (Å²) in [5.41, 5.74) is 2.87. The molecule has 2 heterocycles. The van der Waals surface area contributed by atoms with E-state index in [1.54, 1.807) is 51.1 Å². The van der Waals surface area contributed by atoms with E-state index in [1.807, 2.05) is 6.07 Å². The van der Waals surface area contributed by atoms with Crippen LogP contribution in [0.2, 0.25) is 0 Å². The number of halogens is 6. The maximum atomic E-state index is 14.7. The summed E-state index contributed by atoms with van der Waals surface area (Å²) in [6, 6.07) is 3.23. The molecule has 0 saturated carbocycles. The fourth-order valence-corrected chi connectivity index (χ4v) is 5.81. The molecule has 0 unspecified atom stereocenters. The van der Waals surface area contributed by atoms with E-state index in [2.05, 4.69) is 21.0 Å². The van der Waals surface area contributed by atoms with E-state index in [0.717, 1.165) is 10.4 Å². The predicted molar refractivity (Wildman–Crippen MR) is 193 cm³/mol. The Bertz CT molecular complexity index is 1640. The number of alkyl halides is 6. The maximum Gasteiger partial charge on any atom is 0.404 e. The molecule has 11 nitrogen and oxygen atoms in total. The minimum Gasteiger partial charge on any atom is -0.460 e. The first-order valence-corrected chi connectivity index (χ1v) is 17.8. The number of pyridine rings is 1. The van der Waals surface area contributed by atoms with Gasteiger partial charge >= 0.3 is 18.1 Å². The lowest BCUT2D eigenvalue weighted by Crippen LogP contribution is -2.63. The number of rotatable bonds is 13. The molecule has 288 valence electrons. The highest BCUT2D eigenvalue weighted by molar-refractivity contribution is 6.67. The summed E-state index contributed by atoms with van der Waals surface area (Å²) in [5.74, 6) is -3.21. The first-order valence-electron chi connectivity index (χ1n) is 16.7. The number of esters is 2. The first kappa shape index (κ1) is 43.2. The molecule has 1 fully saturated rings. The van der Waals surface area contributed by atoms with Gasteiger partial charge in [-0.1, -0.05) is 92.8 Å². The number of aromatic nitrogens is 1. The molecular formula is C35H45Cl3F3N5O6. The minimum absolute atomic E-state index is 0.206. The molecule has 5 atom stereocenters. The highest BCUT2D eigenvalue weighted by Crippen LogP contribution is 2.36. The van der Waals surface area contributed by atoms with Crippen molar-refractivity contribution < 1.29 is 41.8 Å². The Kier molecular flexibility index (Phi) is 14.8. The molecule has 2 aromatic rings. The van der Waals surface area contributed by atoms with Crippen molar-refractivity contribution in [2.45, 2.75) is 102 Å². The van der Waals surface area contributed by atoms with Gasteiger partial charge in [-0.15, -0.1) is 0 Å². The first-order chi connectivity index (χ1) is 24.0. The van der Waals surface area contributed by atoms with Crippen molar-refractivity contribution in [1.82, 2.24) is 26.1 Å². The Balaban J connectivity index is 1.74. The van der Waals surface area contributed by atoms with Gasteiger partial charge in [0.2, 0.25) is 9.70 Å². The number of fused-ring (bicyclic) bond motifs is 1. The summed E-state index contributed by atoms with van der Waals surface area (Å²) in [7, 11) is 0. The molecule has 52 heavy (non-hydrogen) atoms. The normalized spacial score (nSPS) is 18.2. The molecule has 1 aliphatic heterocycles. The summed E-state index contributed by atoms with van der Waals surface area (Å²) in [6.45, 7) is 10.1. The summed E-state index contributed by atoms with van der Waals surface area (Å²) in [5, 5.41) is 7.01. The SMILES string of the molecule is CC(=O)O[C@H](C)c1ccc2ccc(/C=C/C(C)(C)[C@H](N[C@H](C(=O)N[C@@H](C)C(=O)N3CCC[C@@H](C(=O)OCC(Cl)(Cl)Cl)N3)C(C)C)C(F)(F)F)cc2n1. The van der Waals surface area contributed by atoms with E-state index in [0.29, 0.717) is 29.6 Å². The Morgan fingerprint density at radius 3 is 2.33 bits per heavy atom. The van der Waals surface area contributed by atoms with Crippen LogP contribution in [0.5, 0.6) is 0 Å². The molecule has 2 amide bonds. The Morgan fingerprint density at radius 1 is 1.08 bits per heavy atom. The lowest BCUT2D eigenvalue weighted by molar-refractivity contribution is -0.177. The number of amides is 2. The largest absolute Gasteiger partial charge is 0.460 e. The van der Waals surface area contributed by atoms with Crippen LogP contribution in [-0.2, 0) is 28.7 Å². The second kappa shape index (κ2) is 17.8. The van der Waals surface area contributed by atoms with Gasteiger partial charge in [0.05, 0.1) is 17.3 Å². The number of carbonyl (C=O) groups is 4. The van der Waals surface area contributed by atoms with Crippen LogP contribution in [0.3, 0.4) is 0 Å². The Labute approximate surface area is 316 Å². The quantitative estimate of drug-likeness (QED) is 0.156. The van der Waals surface area contributed by atoms with Gasteiger partial charge in [0.15, 0.2) is 0 Å². The predicted octanol–water partition coefficient (Wildman–Crippen LogP) is 6.36. The highest BCUT2D eigenvalue weighted by Gasteiger charge is 2.50. The number of carbonyl (C=O) groups excluding carboxylic acids is 4. The molecule has 1 saturated heterocycles. The van der Waals surface area contributed by atoms with E-state index in [-0.39, 0.29) is 6.54 Å². The molecule has 0 bridgehead atoms. The zero-order valence-electron chi connectivity index (χ0n) is 29.9. The van der Waals surface area contributed by atoms with Crippen molar-refractivity contribution in [2.75, 3.05) is 13.2 Å². The number of ether oxygens (including phenoxy) is 2. The average molecular weight is 795 g/mol. The molecular weight excluding hydrogens is 750 g/mol. The van der Waals surface area contributed by atoms with E-state index in [9.17, 15) is 32.3 Å². The number of hydrogen-bond acceptors (Lipinski definition) is 9. The molecule has 3 rings (SSSR count). The highest BCUT2D eigenvalue weighted by atomic mass is 35.6. The summed E-state index contributed by atoms with van der Waals surface area (Å²) in [4.78, 5) is 55.1. The summed E-state index contributed by atoms with van der Waals surface area (Å²) in [6.07, 6.45) is -1.62. The van der Waals surface area contributed by atoms with Crippen LogP contribution in [0.25, 0.3) is 17.0 Å². The number of nitrogens with one attached hydrogen (secondary N) is 3. The lowest BCUT2D eigenvalue weighted by Gasteiger charge is -2.38. The monoisotopic (exact) mass is 793 g/mol. The third-order valence-corrected chi connectivity index (χ3v) is 8.74. The average Bonchev–Trinajstić information content (AvgIpc) is 3.04. The van der Waals surface area contributed by atoms with Crippen molar-refractivity contribution in [1.29, 1.82) is 0 Å². The fraction of sp³-hybridized carbons (Fsp3) is 0.571. The van der Waals surface area contributed by atoms with Crippen molar-refractivity contribution in [3.05, 3.63) is 47.7 Å². The Morgan fingerprint density at radius 2 is 1.73 bits per heavy atom. The van der Waals surface area contributed by atoms with Crippen molar-refractivity contribution in [3.63, 3.8) is 0 Å². The summed E-state index contributed by atoms with van der Waals surface area (Å²) >= 11 is 16.9. The molecule has 17 heteroatoms. The maximum absolute atomic E-state index is 14.7. The molecule has 0 radical (unpaired) electrons. The summed E-state index contributed by atoms with van der Waals surface area (Å²) < 4.78 is 52.5. The molecule has 1 aromatic heterocycles. The third kappa shape index (κ3) is 12.5. The van der Waals surface area contributed by atoms with Crippen molar-refractivity contribution in [2.24, 2.45) is 11.3 Å². The van der Waals surface area contributed by atoms with Gasteiger partial charge in [0.1, 0.15) is 30.8 Å². The second-order valence-electron chi connectivity index (χ2n) is 13.7. The number of hydrazine groups is 1. The molecule has 0 spiro atoms. The molecule has 3 N–H and O–H groups in total. The van der Waals surface area contributed by atoms with Crippen LogP contribution in [0.4, 0.5) is 13.2 Å². The lowest BCUT2D eigenvalue weighted by atomic mass is 9.82. The van der Waals surface area contributed by atoms with Gasteiger partial charge in [-0.3, -0.25) is 29.5 Å². The Hall–Kier alpha value is -3.17. The number of benzene rings is 1. The van der Waals surface area contributed by atoms with Gasteiger partial charge in [-0.2, -0.15) is 13.2 Å². The van der Waals surface area contributed by atoms with E-state index < -0.39 is 81.9 Å². The topological polar surface area (TPSA) is 139 Å². The van der Waals surface area contributed by atoms with E-state index >= 15 is 0 Å².